The molecule has 0 aromatic carbocycles. The number of carbonyl (C=O) groups is 1. The predicted octanol–water partition coefficient (Wildman–Crippen LogP) is 0.203. The molecule has 0 saturated carbocycles. The van der Waals surface area contributed by atoms with Gasteiger partial charge in [-0.05, 0) is 6.08 Å². The van der Waals surface area contributed by atoms with Crippen molar-refractivity contribution >= 4 is 5.91 Å². The van der Waals surface area contributed by atoms with Crippen molar-refractivity contribution in [3.05, 3.63) is 11.8 Å². The first-order valence-corrected chi connectivity index (χ1v) is 4.13. The number of hydroxylamine groups is 3. The largest absolute Gasteiger partial charge is 0.412 e. The summed E-state index contributed by atoms with van der Waals surface area (Å²) in [4.78, 5) is 21.2. The Morgan fingerprint density at radius 2 is 2.54 bits per heavy atom. The second-order valence-corrected chi connectivity index (χ2v) is 2.70. The Labute approximate surface area is 77.2 Å². The Hall–Kier alpha value is -1.07. The van der Waals surface area contributed by atoms with Crippen molar-refractivity contribution in [1.82, 2.24) is 10.5 Å². The van der Waals surface area contributed by atoms with Crippen LogP contribution in [0.5, 0.6) is 0 Å². The average Bonchev–Trinajstić information content (AvgIpc) is 2.63. The van der Waals surface area contributed by atoms with Crippen molar-refractivity contribution in [2.24, 2.45) is 0 Å². The van der Waals surface area contributed by atoms with E-state index in [1.807, 2.05) is 6.92 Å². The fourth-order valence-electron chi connectivity index (χ4n) is 0.991. The molecule has 0 bridgehead atoms. The van der Waals surface area contributed by atoms with Gasteiger partial charge in [0.2, 0.25) is 0 Å². The Kier molecular flexibility index (Phi) is 3.27. The maximum Gasteiger partial charge on any atom is 0.270 e. The van der Waals surface area contributed by atoms with E-state index < -0.39 is 6.04 Å². The van der Waals surface area contributed by atoms with E-state index in [-0.39, 0.29) is 5.91 Å². The zero-order valence-corrected chi connectivity index (χ0v) is 8.03. The van der Waals surface area contributed by atoms with Crippen LogP contribution in [0.25, 0.3) is 0 Å². The third-order valence-corrected chi connectivity index (χ3v) is 1.87. The molecule has 5 heteroatoms. The molecule has 5 nitrogen and oxygen atoms in total. The molecule has 1 unspecified atom stereocenters. The molecule has 1 atom stereocenters. The Morgan fingerprint density at radius 1 is 1.85 bits per heavy atom. The Bertz CT molecular complexity index is 227. The molecule has 1 N–H and O–H groups in total. The molecule has 0 fully saturated rings. The molecule has 74 valence electrons. The van der Waals surface area contributed by atoms with Gasteiger partial charge in [-0.25, -0.2) is 5.06 Å². The number of rotatable bonds is 3. The molecule has 1 aliphatic rings. The van der Waals surface area contributed by atoms with Gasteiger partial charge in [-0.3, -0.25) is 9.63 Å². The minimum atomic E-state index is -0.431. The fraction of sp³-hybridized carbons (Fsp3) is 0.625. The van der Waals surface area contributed by atoms with Crippen LogP contribution in [0.15, 0.2) is 11.8 Å². The first-order chi connectivity index (χ1) is 6.19. The van der Waals surface area contributed by atoms with E-state index in [1.165, 1.54) is 7.11 Å². The molecule has 13 heavy (non-hydrogen) atoms. The van der Waals surface area contributed by atoms with E-state index in [4.69, 9.17) is 9.68 Å². The normalized spacial score (nSPS) is 20.8. The van der Waals surface area contributed by atoms with Crippen molar-refractivity contribution in [3.63, 3.8) is 0 Å². The van der Waals surface area contributed by atoms with Gasteiger partial charge in [0, 0.05) is 13.5 Å². The Morgan fingerprint density at radius 3 is 3.00 bits per heavy atom. The van der Waals surface area contributed by atoms with Gasteiger partial charge in [0.1, 0.15) is 11.8 Å². The number of nitrogens with one attached hydrogen (secondary N) is 1. The molecule has 1 heterocycles. The van der Waals surface area contributed by atoms with Crippen LogP contribution in [-0.4, -0.2) is 31.2 Å². The van der Waals surface area contributed by atoms with Crippen molar-refractivity contribution in [2.45, 2.75) is 19.4 Å². The topological polar surface area (TPSA) is 50.8 Å². The van der Waals surface area contributed by atoms with Crippen LogP contribution in [0.3, 0.4) is 0 Å². The number of nitrogens with zero attached hydrogens (tertiary/aromatic N) is 1. The van der Waals surface area contributed by atoms with Crippen molar-refractivity contribution < 1.29 is 14.5 Å². The van der Waals surface area contributed by atoms with Gasteiger partial charge in [0.05, 0.1) is 7.11 Å². The highest BCUT2D eigenvalue weighted by molar-refractivity contribution is 5.83. The predicted molar refractivity (Wildman–Crippen MR) is 46.2 cm³/mol. The van der Waals surface area contributed by atoms with Crippen LogP contribution in [0, 0.1) is 0 Å². The van der Waals surface area contributed by atoms with E-state index in [2.05, 4.69) is 5.48 Å². The summed E-state index contributed by atoms with van der Waals surface area (Å²) in [5, 5.41) is 1.16. The highest BCUT2D eigenvalue weighted by Gasteiger charge is 2.25. The van der Waals surface area contributed by atoms with E-state index in [9.17, 15) is 4.79 Å². The van der Waals surface area contributed by atoms with Gasteiger partial charge in [-0.2, -0.15) is 0 Å². The van der Waals surface area contributed by atoms with E-state index in [0.717, 1.165) is 17.2 Å². The van der Waals surface area contributed by atoms with E-state index in [1.54, 1.807) is 13.1 Å². The standard InChI is InChI=1S/C8H14N2O3/c1-4-6-5-7(9-13-6)8(11)10(2)12-3/h5,7,9H,4H2,1-3H3. The number of carbonyl (C=O) groups excluding carboxylic acids is 1. The number of allylic oxidation sites excluding steroid dienone is 1. The number of hydrogen-bond donors (Lipinski definition) is 1. The van der Waals surface area contributed by atoms with Gasteiger partial charge >= 0.3 is 0 Å². The van der Waals surface area contributed by atoms with Crippen LogP contribution in [0.1, 0.15) is 13.3 Å². The molecular formula is C8H14N2O3. The first kappa shape index (κ1) is 10.0. The summed E-state index contributed by atoms with van der Waals surface area (Å²) < 4.78 is 0. The second kappa shape index (κ2) is 4.25. The molecule has 1 aliphatic heterocycles. The summed E-state index contributed by atoms with van der Waals surface area (Å²) in [5.74, 6) is 0.605. The monoisotopic (exact) mass is 186 g/mol. The van der Waals surface area contributed by atoms with Crippen LogP contribution >= 0.6 is 0 Å². The Balaban J connectivity index is 2.55. The van der Waals surface area contributed by atoms with Crippen LogP contribution < -0.4 is 5.48 Å². The summed E-state index contributed by atoms with van der Waals surface area (Å²) in [6, 6.07) is -0.431. The summed E-state index contributed by atoms with van der Waals surface area (Å²) in [6.07, 6.45) is 2.52. The van der Waals surface area contributed by atoms with Crippen LogP contribution in [0.4, 0.5) is 0 Å². The molecule has 0 spiro atoms. The quantitative estimate of drug-likeness (QED) is 0.640. The second-order valence-electron chi connectivity index (χ2n) is 2.70. The number of amides is 1. The first-order valence-electron chi connectivity index (χ1n) is 4.13. The zero-order chi connectivity index (χ0) is 9.84. The van der Waals surface area contributed by atoms with Crippen molar-refractivity contribution in [2.75, 3.05) is 14.2 Å². The lowest BCUT2D eigenvalue weighted by atomic mass is 10.2. The lowest BCUT2D eigenvalue weighted by Gasteiger charge is -2.16. The van der Waals surface area contributed by atoms with Gasteiger partial charge in [-0.15, -0.1) is 5.48 Å². The summed E-state index contributed by atoms with van der Waals surface area (Å²) in [5.41, 5.74) is 2.61. The molecule has 0 aromatic rings. The summed E-state index contributed by atoms with van der Waals surface area (Å²) in [6.45, 7) is 1.96. The van der Waals surface area contributed by atoms with Crippen LogP contribution in [-0.2, 0) is 14.5 Å². The lowest BCUT2D eigenvalue weighted by molar-refractivity contribution is -0.171. The number of hydrogen-bond acceptors (Lipinski definition) is 4. The molecule has 1 rings (SSSR count). The van der Waals surface area contributed by atoms with Gasteiger partial charge < -0.3 is 4.84 Å². The third-order valence-electron chi connectivity index (χ3n) is 1.87. The molecule has 0 saturated heterocycles. The fourth-order valence-corrected chi connectivity index (χ4v) is 0.991. The minimum Gasteiger partial charge on any atom is -0.412 e. The van der Waals surface area contributed by atoms with E-state index >= 15 is 0 Å². The molecule has 0 radical (unpaired) electrons. The van der Waals surface area contributed by atoms with E-state index in [0.29, 0.717) is 0 Å². The average molecular weight is 186 g/mol. The maximum atomic E-state index is 11.5. The van der Waals surface area contributed by atoms with Gasteiger partial charge in [-0.1, -0.05) is 6.92 Å². The summed E-state index contributed by atoms with van der Waals surface area (Å²) >= 11 is 0. The smallest absolute Gasteiger partial charge is 0.270 e. The molecule has 1 amide bonds. The van der Waals surface area contributed by atoms with Crippen molar-refractivity contribution in [1.29, 1.82) is 0 Å². The van der Waals surface area contributed by atoms with Crippen LogP contribution in [0.2, 0.25) is 0 Å². The molecule has 0 aromatic heterocycles. The minimum absolute atomic E-state index is 0.175. The number of likely N-dealkylation sites (N-methyl/N-ethyl adjacent to an activating group) is 1. The maximum absolute atomic E-state index is 11.5. The zero-order valence-electron chi connectivity index (χ0n) is 8.03. The highest BCUT2D eigenvalue weighted by atomic mass is 16.7. The molecular weight excluding hydrogens is 172 g/mol. The van der Waals surface area contributed by atoms with Crippen molar-refractivity contribution in [3.8, 4) is 0 Å². The third kappa shape index (κ3) is 2.19. The summed E-state index contributed by atoms with van der Waals surface area (Å²) in [7, 11) is 3.00. The highest BCUT2D eigenvalue weighted by Crippen LogP contribution is 2.11. The van der Waals surface area contributed by atoms with Gasteiger partial charge in [0.25, 0.3) is 5.91 Å². The van der Waals surface area contributed by atoms with Gasteiger partial charge in [0.15, 0.2) is 0 Å². The SMILES string of the molecule is CCC1=CC(C(=O)N(C)OC)NO1. The lowest BCUT2D eigenvalue weighted by Crippen LogP contribution is -2.40. The molecule has 0 aliphatic carbocycles.